The molecule has 1 aliphatic heterocycles. The first-order valence-electron chi connectivity index (χ1n) is 13.1. The molecule has 0 saturated carbocycles. The summed E-state index contributed by atoms with van der Waals surface area (Å²) in [6.45, 7) is 2.75. The standard InChI is InChI=1S/C29H27ClFN3O5S2/c1-2-39-23-9-10-34(27(23)29-32-14-17(41-29)7-8-26(36)37)25(35)12-16-11-20(30)22(13-21(16)31)33-28(38)19-15-40-24-6-4-3-5-18(19)24/h3-6,11,13-15,23,27H,2,7-10,12H2,1H3,(H,33,38)(H,36,37)/t23-,27-/m0/s1. The number of likely N-dealkylation sites (tertiary alicyclic amines) is 1. The number of hydrogen-bond donors (Lipinski definition) is 2. The number of carboxylic acid groups (broad SMARTS) is 1. The number of nitrogens with zero attached hydrogens (tertiary/aromatic N) is 2. The second-order valence-corrected chi connectivity index (χ2v) is 12.0. The average Bonchev–Trinajstić information content (AvgIpc) is 3.68. The van der Waals surface area contributed by atoms with Crippen molar-refractivity contribution in [2.24, 2.45) is 0 Å². The van der Waals surface area contributed by atoms with E-state index < -0.39 is 23.7 Å². The summed E-state index contributed by atoms with van der Waals surface area (Å²) >= 11 is 9.24. The van der Waals surface area contributed by atoms with Gasteiger partial charge in [0.15, 0.2) is 0 Å². The van der Waals surface area contributed by atoms with E-state index in [4.69, 9.17) is 21.4 Å². The minimum absolute atomic E-state index is 0.00975. The summed E-state index contributed by atoms with van der Waals surface area (Å²) in [6, 6.07) is 9.56. The Labute approximate surface area is 248 Å². The maximum absolute atomic E-state index is 15.2. The number of benzene rings is 2. The maximum atomic E-state index is 15.2. The van der Waals surface area contributed by atoms with E-state index in [0.29, 0.717) is 36.6 Å². The van der Waals surface area contributed by atoms with E-state index in [9.17, 15) is 14.4 Å². The van der Waals surface area contributed by atoms with Crippen molar-refractivity contribution in [3.05, 3.63) is 79.8 Å². The quantitative estimate of drug-likeness (QED) is 0.215. The number of thiophene rings is 1. The fraction of sp³-hybridized carbons (Fsp3) is 0.310. The van der Waals surface area contributed by atoms with E-state index >= 15 is 4.39 Å². The number of carbonyl (C=O) groups is 3. The van der Waals surface area contributed by atoms with Crippen molar-refractivity contribution in [1.29, 1.82) is 0 Å². The number of thiazole rings is 1. The van der Waals surface area contributed by atoms with Crippen LogP contribution in [0.15, 0.2) is 48.0 Å². The Kier molecular flexibility index (Phi) is 8.98. The topological polar surface area (TPSA) is 109 Å². The Morgan fingerprint density at radius 1 is 1.27 bits per heavy atom. The third-order valence-electron chi connectivity index (χ3n) is 6.90. The van der Waals surface area contributed by atoms with Crippen molar-refractivity contribution in [2.45, 2.75) is 44.8 Å². The van der Waals surface area contributed by atoms with Gasteiger partial charge in [0.1, 0.15) is 16.9 Å². The molecule has 5 rings (SSSR count). The number of nitrogens with one attached hydrogen (secondary N) is 1. The van der Waals surface area contributed by atoms with E-state index in [2.05, 4.69) is 10.3 Å². The molecule has 4 aromatic rings. The lowest BCUT2D eigenvalue weighted by Crippen LogP contribution is -2.35. The predicted molar refractivity (Wildman–Crippen MR) is 157 cm³/mol. The molecule has 214 valence electrons. The van der Waals surface area contributed by atoms with Gasteiger partial charge in [0.05, 0.1) is 35.2 Å². The van der Waals surface area contributed by atoms with E-state index in [1.165, 1.54) is 28.7 Å². The molecule has 2 aromatic carbocycles. The summed E-state index contributed by atoms with van der Waals surface area (Å²) in [5.74, 6) is -2.26. The second-order valence-electron chi connectivity index (χ2n) is 9.57. The van der Waals surface area contributed by atoms with Gasteiger partial charge in [-0.15, -0.1) is 22.7 Å². The zero-order valence-corrected chi connectivity index (χ0v) is 24.5. The number of amides is 2. The SMILES string of the molecule is CCO[C@H]1CCN(C(=O)Cc2cc(Cl)c(NC(=O)c3csc4ccccc34)cc2F)[C@@H]1c1ncc(CCC(=O)O)s1. The molecule has 0 aliphatic carbocycles. The van der Waals surface area contributed by atoms with Crippen LogP contribution in [0.1, 0.15) is 51.6 Å². The number of ether oxygens (including phenoxy) is 1. The fourth-order valence-corrected chi connectivity index (χ4v) is 7.21. The minimum atomic E-state index is -0.893. The van der Waals surface area contributed by atoms with Crippen LogP contribution in [0.25, 0.3) is 10.1 Å². The van der Waals surface area contributed by atoms with Crippen molar-refractivity contribution >= 4 is 67.8 Å². The van der Waals surface area contributed by atoms with Crippen LogP contribution in [0.5, 0.6) is 0 Å². The number of aryl methyl sites for hydroxylation is 1. The van der Waals surface area contributed by atoms with Crippen molar-refractivity contribution < 1.29 is 28.6 Å². The van der Waals surface area contributed by atoms with Crippen LogP contribution in [0, 0.1) is 5.82 Å². The molecule has 2 N–H and O–H groups in total. The molecule has 2 atom stereocenters. The molecule has 1 fully saturated rings. The first kappa shape index (κ1) is 29.1. The Bertz CT molecular complexity index is 1610. The Balaban J connectivity index is 1.31. The van der Waals surface area contributed by atoms with Gasteiger partial charge in [-0.2, -0.15) is 0 Å². The second kappa shape index (κ2) is 12.6. The predicted octanol–water partition coefficient (Wildman–Crippen LogP) is 6.34. The number of anilines is 1. The molecule has 0 spiro atoms. The third-order valence-corrected chi connectivity index (χ3v) is 9.31. The lowest BCUT2D eigenvalue weighted by atomic mass is 10.1. The number of carbonyl (C=O) groups excluding carboxylic acids is 2. The van der Waals surface area contributed by atoms with E-state index in [1.54, 1.807) is 16.5 Å². The number of halogens is 2. The van der Waals surface area contributed by atoms with E-state index in [1.807, 2.05) is 31.2 Å². The first-order chi connectivity index (χ1) is 19.7. The smallest absolute Gasteiger partial charge is 0.303 e. The van der Waals surface area contributed by atoms with Gasteiger partial charge in [0.25, 0.3) is 5.91 Å². The largest absolute Gasteiger partial charge is 0.481 e. The number of rotatable bonds is 10. The van der Waals surface area contributed by atoms with Crippen LogP contribution < -0.4 is 5.32 Å². The van der Waals surface area contributed by atoms with Crippen molar-refractivity contribution in [3.8, 4) is 0 Å². The summed E-state index contributed by atoms with van der Waals surface area (Å²) < 4.78 is 22.1. The highest BCUT2D eigenvalue weighted by Crippen LogP contribution is 2.38. The molecule has 1 aliphatic rings. The number of hydrogen-bond acceptors (Lipinski definition) is 7. The summed E-state index contributed by atoms with van der Waals surface area (Å²) in [4.78, 5) is 44.3. The van der Waals surface area contributed by atoms with Crippen LogP contribution in [-0.2, 0) is 27.2 Å². The number of carboxylic acids is 1. The van der Waals surface area contributed by atoms with Gasteiger partial charge in [-0.05, 0) is 43.5 Å². The van der Waals surface area contributed by atoms with Crippen LogP contribution >= 0.6 is 34.3 Å². The Morgan fingerprint density at radius 3 is 2.85 bits per heavy atom. The van der Waals surface area contributed by atoms with Gasteiger partial charge < -0.3 is 20.1 Å². The molecular formula is C29H27ClFN3O5S2. The summed E-state index contributed by atoms with van der Waals surface area (Å²) in [7, 11) is 0. The van der Waals surface area contributed by atoms with Crippen LogP contribution in [0.2, 0.25) is 5.02 Å². The molecule has 0 radical (unpaired) electrons. The zero-order chi connectivity index (χ0) is 29.1. The van der Waals surface area contributed by atoms with Gasteiger partial charge in [-0.25, -0.2) is 9.37 Å². The zero-order valence-electron chi connectivity index (χ0n) is 22.1. The molecule has 1 saturated heterocycles. The molecule has 12 heteroatoms. The van der Waals surface area contributed by atoms with Crippen LogP contribution in [0.3, 0.4) is 0 Å². The summed E-state index contributed by atoms with van der Waals surface area (Å²) in [5.41, 5.74) is 0.699. The number of aromatic nitrogens is 1. The number of fused-ring (bicyclic) bond motifs is 1. The van der Waals surface area contributed by atoms with Gasteiger partial charge >= 0.3 is 5.97 Å². The highest BCUT2D eigenvalue weighted by molar-refractivity contribution is 7.17. The minimum Gasteiger partial charge on any atom is -0.481 e. The Morgan fingerprint density at radius 2 is 2.07 bits per heavy atom. The third kappa shape index (κ3) is 6.43. The van der Waals surface area contributed by atoms with Crippen molar-refractivity contribution in [2.75, 3.05) is 18.5 Å². The average molecular weight is 616 g/mol. The highest BCUT2D eigenvalue weighted by atomic mass is 35.5. The lowest BCUT2D eigenvalue weighted by molar-refractivity contribution is -0.137. The first-order valence-corrected chi connectivity index (χ1v) is 15.2. The van der Waals surface area contributed by atoms with Crippen LogP contribution in [0.4, 0.5) is 10.1 Å². The van der Waals surface area contributed by atoms with Gasteiger partial charge in [0.2, 0.25) is 5.91 Å². The molecule has 0 unspecified atom stereocenters. The Hall–Kier alpha value is -3.38. The van der Waals surface area contributed by atoms with Gasteiger partial charge in [0, 0.05) is 39.7 Å². The molecule has 41 heavy (non-hydrogen) atoms. The van der Waals surface area contributed by atoms with Crippen LogP contribution in [-0.4, -0.2) is 52.0 Å². The summed E-state index contributed by atoms with van der Waals surface area (Å²) in [5, 5.41) is 15.0. The molecular weight excluding hydrogens is 589 g/mol. The molecule has 8 nitrogen and oxygen atoms in total. The summed E-state index contributed by atoms with van der Waals surface area (Å²) in [6.07, 6.45) is 2.06. The van der Waals surface area contributed by atoms with Crippen molar-refractivity contribution in [3.63, 3.8) is 0 Å². The highest BCUT2D eigenvalue weighted by Gasteiger charge is 2.40. The van der Waals surface area contributed by atoms with Gasteiger partial charge in [-0.1, -0.05) is 29.8 Å². The normalized spacial score (nSPS) is 16.8. The van der Waals surface area contributed by atoms with E-state index in [-0.39, 0.29) is 41.1 Å². The van der Waals surface area contributed by atoms with Gasteiger partial charge in [-0.3, -0.25) is 14.4 Å². The number of aliphatic carboxylic acids is 1. The molecule has 3 heterocycles. The van der Waals surface area contributed by atoms with E-state index in [0.717, 1.165) is 21.0 Å². The lowest BCUT2D eigenvalue weighted by Gasteiger charge is -2.26. The maximum Gasteiger partial charge on any atom is 0.303 e. The monoisotopic (exact) mass is 615 g/mol. The van der Waals surface area contributed by atoms with Crippen molar-refractivity contribution in [1.82, 2.24) is 9.88 Å². The fourth-order valence-electron chi connectivity index (χ4n) is 4.96. The molecule has 2 amide bonds. The molecule has 0 bridgehead atoms. The molecule has 2 aromatic heterocycles.